The van der Waals surface area contributed by atoms with Gasteiger partial charge in [0.05, 0.1) is 5.02 Å². The van der Waals surface area contributed by atoms with Crippen molar-refractivity contribution in [2.24, 2.45) is 0 Å². The molecule has 0 aliphatic heterocycles. The molecule has 2 rings (SSSR count). The molecule has 1 nitrogen and oxygen atoms in total. The molecule has 0 bridgehead atoms. The Bertz CT molecular complexity index is 462. The molecule has 0 saturated heterocycles. The minimum Gasteiger partial charge on any atom is -0.361 e. The van der Waals surface area contributed by atoms with Gasteiger partial charge in [0.2, 0.25) is 0 Å². The fraction of sp³-hybridized carbons (Fsp3) is 0.0909. The zero-order valence-corrected chi connectivity index (χ0v) is 8.40. The third-order valence-corrected chi connectivity index (χ3v) is 2.38. The lowest BCUT2D eigenvalue weighted by Gasteiger charge is -2.01. The third kappa shape index (κ3) is 1.66. The standard InChI is InChI=1S/C11H9ClFN/c1-7-4-11(14-6-7)9-5-8(13)2-3-10(9)12/h2-6,14H,1H3. The summed E-state index contributed by atoms with van der Waals surface area (Å²) in [6.45, 7) is 1.97. The number of hydrogen-bond donors (Lipinski definition) is 1. The molecule has 72 valence electrons. The van der Waals surface area contributed by atoms with Gasteiger partial charge in [-0.2, -0.15) is 0 Å². The second-order valence-electron chi connectivity index (χ2n) is 3.21. The van der Waals surface area contributed by atoms with Gasteiger partial charge in [0, 0.05) is 17.5 Å². The van der Waals surface area contributed by atoms with Crippen molar-refractivity contribution >= 4 is 11.6 Å². The molecule has 0 radical (unpaired) electrons. The zero-order chi connectivity index (χ0) is 10.1. The number of aryl methyl sites for hydroxylation is 1. The average Bonchev–Trinajstić information content (AvgIpc) is 2.56. The van der Waals surface area contributed by atoms with Crippen LogP contribution in [0.25, 0.3) is 11.3 Å². The van der Waals surface area contributed by atoms with Crippen LogP contribution in [0.15, 0.2) is 30.5 Å². The Balaban J connectivity index is 2.55. The molecule has 0 atom stereocenters. The van der Waals surface area contributed by atoms with Crippen LogP contribution in [0.5, 0.6) is 0 Å². The molecule has 0 amide bonds. The van der Waals surface area contributed by atoms with E-state index in [1.165, 1.54) is 12.1 Å². The highest BCUT2D eigenvalue weighted by Crippen LogP contribution is 2.27. The van der Waals surface area contributed by atoms with E-state index < -0.39 is 0 Å². The fourth-order valence-electron chi connectivity index (χ4n) is 1.36. The highest BCUT2D eigenvalue weighted by atomic mass is 35.5. The van der Waals surface area contributed by atoms with Crippen LogP contribution < -0.4 is 0 Å². The van der Waals surface area contributed by atoms with Gasteiger partial charge < -0.3 is 4.98 Å². The summed E-state index contributed by atoms with van der Waals surface area (Å²) in [5.74, 6) is -0.281. The lowest BCUT2D eigenvalue weighted by atomic mass is 10.1. The predicted molar refractivity (Wildman–Crippen MR) is 55.9 cm³/mol. The summed E-state index contributed by atoms with van der Waals surface area (Å²) in [6, 6.07) is 6.26. The van der Waals surface area contributed by atoms with Gasteiger partial charge in [0.1, 0.15) is 5.82 Å². The van der Waals surface area contributed by atoms with Gasteiger partial charge in [-0.3, -0.25) is 0 Å². The topological polar surface area (TPSA) is 15.8 Å². The molecule has 1 aromatic heterocycles. The van der Waals surface area contributed by atoms with Crippen LogP contribution in [0, 0.1) is 12.7 Å². The smallest absolute Gasteiger partial charge is 0.123 e. The van der Waals surface area contributed by atoms with E-state index in [0.29, 0.717) is 10.6 Å². The summed E-state index contributed by atoms with van der Waals surface area (Å²) >= 11 is 5.95. The highest BCUT2D eigenvalue weighted by molar-refractivity contribution is 6.33. The molecular formula is C11H9ClFN. The van der Waals surface area contributed by atoms with Crippen molar-refractivity contribution in [1.82, 2.24) is 4.98 Å². The van der Waals surface area contributed by atoms with E-state index in [2.05, 4.69) is 4.98 Å². The SMILES string of the molecule is Cc1c[nH]c(-c2cc(F)ccc2Cl)c1. The zero-order valence-electron chi connectivity index (χ0n) is 7.64. The number of nitrogens with one attached hydrogen (secondary N) is 1. The van der Waals surface area contributed by atoms with Crippen molar-refractivity contribution in [2.75, 3.05) is 0 Å². The lowest BCUT2D eigenvalue weighted by Crippen LogP contribution is -1.81. The Morgan fingerprint density at radius 1 is 1.29 bits per heavy atom. The van der Waals surface area contributed by atoms with Gasteiger partial charge in [0.25, 0.3) is 0 Å². The van der Waals surface area contributed by atoms with E-state index in [1.54, 1.807) is 6.07 Å². The van der Waals surface area contributed by atoms with Gasteiger partial charge in [-0.25, -0.2) is 4.39 Å². The van der Waals surface area contributed by atoms with Gasteiger partial charge in [-0.05, 0) is 36.8 Å². The predicted octanol–water partition coefficient (Wildman–Crippen LogP) is 3.78. The Labute approximate surface area is 86.5 Å². The Morgan fingerprint density at radius 2 is 2.07 bits per heavy atom. The second-order valence-corrected chi connectivity index (χ2v) is 3.62. The van der Waals surface area contributed by atoms with E-state index >= 15 is 0 Å². The van der Waals surface area contributed by atoms with Crippen molar-refractivity contribution in [2.45, 2.75) is 6.92 Å². The van der Waals surface area contributed by atoms with Crippen LogP contribution in [0.4, 0.5) is 4.39 Å². The molecule has 0 spiro atoms. The number of aromatic amines is 1. The second kappa shape index (κ2) is 3.46. The maximum Gasteiger partial charge on any atom is 0.123 e. The van der Waals surface area contributed by atoms with Gasteiger partial charge in [0.15, 0.2) is 0 Å². The molecule has 0 unspecified atom stereocenters. The normalized spacial score (nSPS) is 10.5. The number of H-pyrrole nitrogens is 1. The summed E-state index contributed by atoms with van der Waals surface area (Å²) in [6.07, 6.45) is 1.86. The highest BCUT2D eigenvalue weighted by Gasteiger charge is 2.06. The van der Waals surface area contributed by atoms with E-state index in [9.17, 15) is 4.39 Å². The summed E-state index contributed by atoms with van der Waals surface area (Å²) in [4.78, 5) is 3.04. The number of aromatic nitrogens is 1. The number of rotatable bonds is 1. The van der Waals surface area contributed by atoms with E-state index in [-0.39, 0.29) is 5.82 Å². The van der Waals surface area contributed by atoms with Gasteiger partial charge in [-0.1, -0.05) is 11.6 Å². The maximum atomic E-state index is 13.0. The Hall–Kier alpha value is -1.28. The minimum absolute atomic E-state index is 0.281. The van der Waals surface area contributed by atoms with Crippen LogP contribution in [-0.2, 0) is 0 Å². The minimum atomic E-state index is -0.281. The van der Waals surface area contributed by atoms with E-state index in [1.807, 2.05) is 19.2 Å². The molecule has 1 N–H and O–H groups in total. The molecule has 1 heterocycles. The molecule has 0 saturated carbocycles. The molecule has 3 heteroatoms. The Kier molecular flexibility index (Phi) is 2.30. The number of hydrogen-bond acceptors (Lipinski definition) is 0. The average molecular weight is 210 g/mol. The molecule has 0 fully saturated rings. The van der Waals surface area contributed by atoms with Crippen molar-refractivity contribution in [1.29, 1.82) is 0 Å². The van der Waals surface area contributed by atoms with Crippen LogP contribution in [0.1, 0.15) is 5.56 Å². The Morgan fingerprint density at radius 3 is 2.71 bits per heavy atom. The van der Waals surface area contributed by atoms with Crippen LogP contribution >= 0.6 is 11.6 Å². The quantitative estimate of drug-likeness (QED) is 0.736. The van der Waals surface area contributed by atoms with Gasteiger partial charge in [-0.15, -0.1) is 0 Å². The first-order valence-electron chi connectivity index (χ1n) is 4.27. The monoisotopic (exact) mass is 209 g/mol. The first-order valence-corrected chi connectivity index (χ1v) is 4.65. The number of benzene rings is 1. The first-order chi connectivity index (χ1) is 6.66. The molecule has 2 aromatic rings. The van der Waals surface area contributed by atoms with Crippen LogP contribution in [-0.4, -0.2) is 4.98 Å². The van der Waals surface area contributed by atoms with Crippen molar-refractivity contribution < 1.29 is 4.39 Å². The number of halogens is 2. The summed E-state index contributed by atoms with van der Waals surface area (Å²) in [5, 5.41) is 0.549. The fourth-order valence-corrected chi connectivity index (χ4v) is 1.58. The van der Waals surface area contributed by atoms with E-state index in [4.69, 9.17) is 11.6 Å². The summed E-state index contributed by atoms with van der Waals surface area (Å²) < 4.78 is 13.0. The van der Waals surface area contributed by atoms with Crippen molar-refractivity contribution in [3.05, 3.63) is 46.9 Å². The molecule has 14 heavy (non-hydrogen) atoms. The lowest BCUT2D eigenvalue weighted by molar-refractivity contribution is 0.628. The third-order valence-electron chi connectivity index (χ3n) is 2.05. The molecule has 0 aliphatic rings. The van der Waals surface area contributed by atoms with Crippen LogP contribution in [0.3, 0.4) is 0 Å². The summed E-state index contributed by atoms with van der Waals surface area (Å²) in [5.41, 5.74) is 2.63. The molecule has 0 aliphatic carbocycles. The van der Waals surface area contributed by atoms with Crippen molar-refractivity contribution in [3.8, 4) is 11.3 Å². The molecule has 1 aromatic carbocycles. The maximum absolute atomic E-state index is 13.0. The van der Waals surface area contributed by atoms with Gasteiger partial charge >= 0.3 is 0 Å². The van der Waals surface area contributed by atoms with Crippen LogP contribution in [0.2, 0.25) is 5.02 Å². The molecular weight excluding hydrogens is 201 g/mol. The first kappa shape index (κ1) is 9.28. The summed E-state index contributed by atoms with van der Waals surface area (Å²) in [7, 11) is 0. The van der Waals surface area contributed by atoms with E-state index in [0.717, 1.165) is 11.3 Å². The van der Waals surface area contributed by atoms with Crippen molar-refractivity contribution in [3.63, 3.8) is 0 Å². The largest absolute Gasteiger partial charge is 0.361 e.